The molecule has 1 aliphatic rings. The maximum Gasteiger partial charge on any atom is 0.261 e. The molecule has 30 heavy (non-hydrogen) atoms. The number of carbonyl (C=O) groups is 1. The molecule has 7 nitrogen and oxygen atoms in total. The van der Waals surface area contributed by atoms with Crippen molar-refractivity contribution in [2.24, 2.45) is 0 Å². The molecule has 0 radical (unpaired) electrons. The van der Waals surface area contributed by atoms with Gasteiger partial charge in [0.05, 0.1) is 16.3 Å². The number of anilines is 2. The van der Waals surface area contributed by atoms with E-state index in [4.69, 9.17) is 0 Å². The van der Waals surface area contributed by atoms with Crippen molar-refractivity contribution in [2.45, 2.75) is 31.2 Å². The quantitative estimate of drug-likeness (QED) is 0.549. The summed E-state index contributed by atoms with van der Waals surface area (Å²) >= 11 is 3.32. The lowest BCUT2D eigenvalue weighted by molar-refractivity contribution is 0.0939. The monoisotopic (exact) mass is 494 g/mol. The Labute approximate surface area is 186 Å². The highest BCUT2D eigenvalue weighted by Crippen LogP contribution is 2.30. The van der Waals surface area contributed by atoms with Gasteiger partial charge >= 0.3 is 0 Å². The van der Waals surface area contributed by atoms with Crippen molar-refractivity contribution in [2.75, 3.05) is 35.8 Å². The molecule has 2 aromatic carbocycles. The van der Waals surface area contributed by atoms with Crippen LogP contribution in [0.1, 0.15) is 30.6 Å². The summed E-state index contributed by atoms with van der Waals surface area (Å²) in [6.45, 7) is 7.07. The van der Waals surface area contributed by atoms with Crippen LogP contribution in [0.5, 0.6) is 0 Å². The van der Waals surface area contributed by atoms with Crippen LogP contribution < -0.4 is 20.3 Å². The lowest BCUT2D eigenvalue weighted by Gasteiger charge is -2.31. The molecule has 1 amide bonds. The minimum atomic E-state index is -3.81. The zero-order chi connectivity index (χ0) is 21.7. The molecule has 1 fully saturated rings. The molecule has 3 rings (SSSR count). The number of amides is 1. The van der Waals surface area contributed by atoms with Gasteiger partial charge in [-0.2, -0.15) is 0 Å². The van der Waals surface area contributed by atoms with Gasteiger partial charge < -0.3 is 15.5 Å². The average Bonchev–Trinajstić information content (AvgIpc) is 2.74. The molecule has 1 heterocycles. The molecule has 3 N–H and O–H groups in total. The number of hydrogen-bond donors (Lipinski definition) is 3. The van der Waals surface area contributed by atoms with Gasteiger partial charge in [-0.3, -0.25) is 9.52 Å². The zero-order valence-corrected chi connectivity index (χ0v) is 19.5. The molecule has 0 spiro atoms. The topological polar surface area (TPSA) is 90.5 Å². The first kappa shape index (κ1) is 22.6. The fourth-order valence-electron chi connectivity index (χ4n) is 3.17. The summed E-state index contributed by atoms with van der Waals surface area (Å²) in [6.07, 6.45) is 0.813. The highest BCUT2D eigenvalue weighted by atomic mass is 79.9. The molecule has 0 aromatic heterocycles. The van der Waals surface area contributed by atoms with Crippen LogP contribution in [-0.4, -0.2) is 46.5 Å². The normalized spacial score (nSPS) is 15.5. The highest BCUT2D eigenvalue weighted by molar-refractivity contribution is 9.10. The second kappa shape index (κ2) is 9.80. The fraction of sp³-hybridized carbons (Fsp3) is 0.381. The molecule has 1 atom stereocenters. The van der Waals surface area contributed by atoms with Crippen LogP contribution in [0.25, 0.3) is 0 Å². The van der Waals surface area contributed by atoms with E-state index in [1.807, 2.05) is 19.9 Å². The number of piperazine rings is 1. The molecule has 0 saturated carbocycles. The standard InChI is InChI=1S/C21H27BrN4O3S/c1-3-15(2)24-21(27)16-4-9-20(26-12-10-23-11-13-26)19(14-16)25-30(28,29)18-7-5-17(22)6-8-18/h4-9,14-15,23,25H,3,10-13H2,1-2H3,(H,24,27)/t15-/m0/s1. The van der Waals surface area contributed by atoms with Crippen molar-refractivity contribution in [3.63, 3.8) is 0 Å². The number of nitrogens with one attached hydrogen (secondary N) is 3. The summed E-state index contributed by atoms with van der Waals surface area (Å²) in [5, 5.41) is 6.22. The maximum absolute atomic E-state index is 13.0. The van der Waals surface area contributed by atoms with Gasteiger partial charge in [0.1, 0.15) is 0 Å². The predicted molar refractivity (Wildman–Crippen MR) is 124 cm³/mol. The summed E-state index contributed by atoms with van der Waals surface area (Å²) < 4.78 is 29.5. The largest absolute Gasteiger partial charge is 0.367 e. The van der Waals surface area contributed by atoms with Crippen LogP contribution in [0.15, 0.2) is 51.8 Å². The summed E-state index contributed by atoms with van der Waals surface area (Å²) in [5.74, 6) is -0.222. The second-order valence-electron chi connectivity index (χ2n) is 7.31. The maximum atomic E-state index is 13.0. The molecule has 1 aliphatic heterocycles. The van der Waals surface area contributed by atoms with Gasteiger partial charge in [-0.1, -0.05) is 22.9 Å². The van der Waals surface area contributed by atoms with Crippen LogP contribution in [0.2, 0.25) is 0 Å². The molecule has 162 valence electrons. The van der Waals surface area contributed by atoms with Crippen molar-refractivity contribution in [1.29, 1.82) is 0 Å². The molecule has 0 aliphatic carbocycles. The molecule has 2 aromatic rings. The Morgan fingerprint density at radius 1 is 1.17 bits per heavy atom. The summed E-state index contributed by atoms with van der Waals surface area (Å²) in [4.78, 5) is 14.9. The molecular weight excluding hydrogens is 468 g/mol. The Kier molecular flexibility index (Phi) is 7.38. The third-order valence-corrected chi connectivity index (χ3v) is 6.98. The van der Waals surface area contributed by atoms with E-state index in [9.17, 15) is 13.2 Å². The van der Waals surface area contributed by atoms with E-state index in [1.165, 1.54) is 12.1 Å². The van der Waals surface area contributed by atoms with Crippen LogP contribution in [-0.2, 0) is 10.0 Å². The third-order valence-electron chi connectivity index (χ3n) is 5.07. The number of halogens is 1. The van der Waals surface area contributed by atoms with E-state index in [2.05, 4.69) is 36.2 Å². The highest BCUT2D eigenvalue weighted by Gasteiger charge is 2.21. The predicted octanol–water partition coefficient (Wildman–Crippen LogP) is 3.19. The van der Waals surface area contributed by atoms with E-state index in [0.29, 0.717) is 11.3 Å². The van der Waals surface area contributed by atoms with Gasteiger partial charge in [0.15, 0.2) is 0 Å². The van der Waals surface area contributed by atoms with Crippen molar-refractivity contribution in [3.8, 4) is 0 Å². The lowest BCUT2D eigenvalue weighted by atomic mass is 10.1. The van der Waals surface area contributed by atoms with Gasteiger partial charge in [0, 0.05) is 42.3 Å². The fourth-order valence-corrected chi connectivity index (χ4v) is 4.50. The first-order valence-corrected chi connectivity index (χ1v) is 12.3. The summed E-state index contributed by atoms with van der Waals surface area (Å²) in [6, 6.07) is 11.7. The van der Waals surface area contributed by atoms with Crippen molar-refractivity contribution in [3.05, 3.63) is 52.5 Å². The van der Waals surface area contributed by atoms with E-state index < -0.39 is 10.0 Å². The Balaban J connectivity index is 1.96. The molecule has 9 heteroatoms. The third kappa shape index (κ3) is 5.53. The summed E-state index contributed by atoms with van der Waals surface area (Å²) in [5.41, 5.74) is 1.58. The summed E-state index contributed by atoms with van der Waals surface area (Å²) in [7, 11) is -3.81. The van der Waals surface area contributed by atoms with Crippen molar-refractivity contribution < 1.29 is 13.2 Å². The first-order valence-electron chi connectivity index (χ1n) is 9.99. The number of hydrogen-bond acceptors (Lipinski definition) is 5. The number of sulfonamides is 1. The van der Waals surface area contributed by atoms with E-state index in [-0.39, 0.29) is 16.8 Å². The van der Waals surface area contributed by atoms with E-state index >= 15 is 0 Å². The second-order valence-corrected chi connectivity index (χ2v) is 9.91. The Morgan fingerprint density at radius 2 is 1.83 bits per heavy atom. The smallest absolute Gasteiger partial charge is 0.261 e. The average molecular weight is 495 g/mol. The number of carbonyl (C=O) groups excluding carboxylic acids is 1. The Bertz CT molecular complexity index is 990. The van der Waals surface area contributed by atoms with Crippen LogP contribution in [0.4, 0.5) is 11.4 Å². The Hall–Kier alpha value is -2.10. The lowest BCUT2D eigenvalue weighted by Crippen LogP contribution is -2.43. The molecular formula is C21H27BrN4O3S. The van der Waals surface area contributed by atoms with Crippen LogP contribution >= 0.6 is 15.9 Å². The Morgan fingerprint density at radius 3 is 2.47 bits per heavy atom. The van der Waals surface area contributed by atoms with Crippen LogP contribution in [0.3, 0.4) is 0 Å². The minimum Gasteiger partial charge on any atom is -0.367 e. The number of benzene rings is 2. The molecule has 0 bridgehead atoms. The van der Waals surface area contributed by atoms with E-state index in [1.54, 1.807) is 24.3 Å². The van der Waals surface area contributed by atoms with Gasteiger partial charge in [0.25, 0.3) is 15.9 Å². The molecule has 0 unspecified atom stereocenters. The zero-order valence-electron chi connectivity index (χ0n) is 17.1. The minimum absolute atomic E-state index is 0.0354. The SMILES string of the molecule is CC[C@H](C)NC(=O)c1ccc(N2CCNCC2)c(NS(=O)(=O)c2ccc(Br)cc2)c1. The van der Waals surface area contributed by atoms with Crippen LogP contribution in [0, 0.1) is 0 Å². The van der Waals surface area contributed by atoms with Gasteiger partial charge in [0.2, 0.25) is 0 Å². The van der Waals surface area contributed by atoms with Crippen molar-refractivity contribution >= 4 is 43.2 Å². The van der Waals surface area contributed by atoms with Gasteiger partial charge in [-0.15, -0.1) is 0 Å². The number of nitrogens with zero attached hydrogens (tertiary/aromatic N) is 1. The molecule has 1 saturated heterocycles. The van der Waals surface area contributed by atoms with E-state index in [0.717, 1.165) is 42.8 Å². The first-order chi connectivity index (χ1) is 14.3. The van der Waals surface area contributed by atoms with Gasteiger partial charge in [-0.25, -0.2) is 8.42 Å². The van der Waals surface area contributed by atoms with Crippen molar-refractivity contribution in [1.82, 2.24) is 10.6 Å². The van der Waals surface area contributed by atoms with Gasteiger partial charge in [-0.05, 0) is 55.8 Å². The number of rotatable bonds is 7.